The van der Waals surface area contributed by atoms with E-state index in [2.05, 4.69) is 32.0 Å². The lowest BCUT2D eigenvalue weighted by molar-refractivity contribution is 0.174. The van der Waals surface area contributed by atoms with Crippen LogP contribution < -0.4 is 15.2 Å². The van der Waals surface area contributed by atoms with Crippen LogP contribution >= 0.6 is 12.2 Å². The summed E-state index contributed by atoms with van der Waals surface area (Å²) in [6.45, 7) is 4.85. The van der Waals surface area contributed by atoms with Gasteiger partial charge in [-0.25, -0.2) is 4.98 Å². The molecule has 1 aromatic heterocycles. The first-order valence-corrected chi connectivity index (χ1v) is 8.09. The highest BCUT2D eigenvalue weighted by Gasteiger charge is 2.20. The van der Waals surface area contributed by atoms with Crippen LogP contribution in [0.4, 0.5) is 0 Å². The van der Waals surface area contributed by atoms with Crippen LogP contribution in [0.2, 0.25) is 0 Å². The summed E-state index contributed by atoms with van der Waals surface area (Å²) in [4.78, 5) is 5.21. The second-order valence-corrected chi connectivity index (χ2v) is 6.51. The Balaban J connectivity index is 1.96. The lowest BCUT2D eigenvalue weighted by Crippen LogP contribution is -2.17. The molecule has 0 spiro atoms. The molecule has 0 aliphatic carbocycles. The van der Waals surface area contributed by atoms with Gasteiger partial charge in [-0.3, -0.25) is 0 Å². The number of hydrogen-bond donors (Lipinski definition) is 1. The highest BCUT2D eigenvalue weighted by atomic mass is 32.1. The van der Waals surface area contributed by atoms with Crippen molar-refractivity contribution in [3.8, 4) is 22.9 Å². The van der Waals surface area contributed by atoms with E-state index in [1.165, 1.54) is 11.1 Å². The first-order chi connectivity index (χ1) is 11.5. The van der Waals surface area contributed by atoms with Gasteiger partial charge in [0.15, 0.2) is 11.5 Å². The molecule has 0 saturated heterocycles. The Bertz CT molecular complexity index is 978. The van der Waals surface area contributed by atoms with Crippen molar-refractivity contribution in [2.75, 3.05) is 6.79 Å². The molecule has 2 aromatic carbocycles. The van der Waals surface area contributed by atoms with Crippen molar-refractivity contribution in [2.45, 2.75) is 20.4 Å². The topological polar surface area (TPSA) is 62.3 Å². The van der Waals surface area contributed by atoms with Gasteiger partial charge in [0.25, 0.3) is 0 Å². The summed E-state index contributed by atoms with van der Waals surface area (Å²) in [6, 6.07) is 10.1. The number of rotatable bonds is 3. The normalized spacial score (nSPS) is 12.8. The molecule has 2 N–H and O–H groups in total. The Hall–Kier alpha value is -2.60. The summed E-state index contributed by atoms with van der Waals surface area (Å²) in [5.41, 5.74) is 11.1. The second-order valence-electron chi connectivity index (χ2n) is 5.98. The maximum atomic E-state index is 5.82. The van der Waals surface area contributed by atoms with Crippen molar-refractivity contribution in [1.29, 1.82) is 0 Å². The van der Waals surface area contributed by atoms with Gasteiger partial charge in [-0.05, 0) is 31.0 Å². The minimum Gasteiger partial charge on any atom is -0.454 e. The van der Waals surface area contributed by atoms with E-state index in [0.717, 1.165) is 28.2 Å². The number of imidazole rings is 1. The maximum absolute atomic E-state index is 5.82. The van der Waals surface area contributed by atoms with Crippen molar-refractivity contribution >= 4 is 28.2 Å². The van der Waals surface area contributed by atoms with E-state index in [9.17, 15) is 0 Å². The third-order valence-electron chi connectivity index (χ3n) is 4.32. The summed E-state index contributed by atoms with van der Waals surface area (Å²) in [7, 11) is 0. The standard InChI is InChI=1S/C18H17N3O2S/c1-10-3-4-12(5-11(10)2)18-20-13-6-15-16(23-9-22-15)7-14(13)21(18)8-17(19)24/h3-7H,8-9H2,1-2H3,(H2,19,24). The molecule has 0 bridgehead atoms. The Morgan fingerprint density at radius 2 is 1.92 bits per heavy atom. The molecule has 1 aliphatic heterocycles. The van der Waals surface area contributed by atoms with Crippen LogP contribution in [0.15, 0.2) is 30.3 Å². The summed E-state index contributed by atoms with van der Waals surface area (Å²) in [6.07, 6.45) is 0. The molecule has 2 heterocycles. The first kappa shape index (κ1) is 15.0. The van der Waals surface area contributed by atoms with Gasteiger partial charge in [-0.2, -0.15) is 0 Å². The molecule has 0 atom stereocenters. The number of benzene rings is 2. The van der Waals surface area contributed by atoms with Gasteiger partial charge < -0.3 is 19.8 Å². The van der Waals surface area contributed by atoms with Crippen molar-refractivity contribution in [2.24, 2.45) is 5.73 Å². The number of aromatic nitrogens is 2. The predicted molar refractivity (Wildman–Crippen MR) is 97.6 cm³/mol. The van der Waals surface area contributed by atoms with Gasteiger partial charge in [-0.1, -0.05) is 24.4 Å². The van der Waals surface area contributed by atoms with Gasteiger partial charge in [0.05, 0.1) is 22.6 Å². The van der Waals surface area contributed by atoms with Crippen molar-refractivity contribution in [3.63, 3.8) is 0 Å². The predicted octanol–water partition coefficient (Wildman–Crippen LogP) is 3.33. The molecule has 0 unspecified atom stereocenters. The summed E-state index contributed by atoms with van der Waals surface area (Å²) >= 11 is 5.14. The number of nitrogens with zero attached hydrogens (tertiary/aromatic N) is 2. The van der Waals surface area contributed by atoms with Crippen LogP contribution in [0.1, 0.15) is 11.1 Å². The van der Waals surface area contributed by atoms with E-state index in [0.29, 0.717) is 17.3 Å². The van der Waals surface area contributed by atoms with E-state index in [-0.39, 0.29) is 6.79 Å². The molecule has 0 amide bonds. The van der Waals surface area contributed by atoms with E-state index in [1.54, 1.807) is 0 Å². The summed E-state index contributed by atoms with van der Waals surface area (Å²) in [5.74, 6) is 2.27. The SMILES string of the molecule is Cc1ccc(-c2nc3cc4c(cc3n2CC(N)=S)OCO4)cc1C. The number of hydrogen-bond acceptors (Lipinski definition) is 4. The molecule has 0 fully saturated rings. The van der Waals surface area contributed by atoms with Crippen LogP contribution in [-0.4, -0.2) is 21.3 Å². The fraction of sp³-hybridized carbons (Fsp3) is 0.222. The smallest absolute Gasteiger partial charge is 0.231 e. The van der Waals surface area contributed by atoms with E-state index in [1.807, 2.05) is 16.7 Å². The first-order valence-electron chi connectivity index (χ1n) is 7.69. The van der Waals surface area contributed by atoms with Gasteiger partial charge in [0.2, 0.25) is 6.79 Å². The van der Waals surface area contributed by atoms with Gasteiger partial charge >= 0.3 is 0 Å². The van der Waals surface area contributed by atoms with Crippen LogP contribution in [0.25, 0.3) is 22.4 Å². The molecule has 0 saturated carbocycles. The summed E-state index contributed by atoms with van der Waals surface area (Å²) < 4.78 is 13.0. The molecule has 5 nitrogen and oxygen atoms in total. The monoisotopic (exact) mass is 339 g/mol. The number of thiocarbonyl (C=S) groups is 1. The molecule has 6 heteroatoms. The number of nitrogens with two attached hydrogens (primary N) is 1. The third kappa shape index (κ3) is 2.39. The molecule has 3 aromatic rings. The number of ether oxygens (including phenoxy) is 2. The van der Waals surface area contributed by atoms with Crippen molar-refractivity contribution < 1.29 is 9.47 Å². The van der Waals surface area contributed by atoms with E-state index < -0.39 is 0 Å². The van der Waals surface area contributed by atoms with Crippen LogP contribution in [0.5, 0.6) is 11.5 Å². The highest BCUT2D eigenvalue weighted by molar-refractivity contribution is 7.80. The second kappa shape index (κ2) is 5.49. The minimum atomic E-state index is 0.237. The molecular weight excluding hydrogens is 322 g/mol. The Labute approximate surface area is 145 Å². The molecule has 0 radical (unpaired) electrons. The molecule has 4 rings (SSSR count). The van der Waals surface area contributed by atoms with Gasteiger partial charge in [0, 0.05) is 17.7 Å². The average Bonchev–Trinajstić information content (AvgIpc) is 3.12. The zero-order valence-corrected chi connectivity index (χ0v) is 14.3. The fourth-order valence-corrected chi connectivity index (χ4v) is 3.06. The van der Waals surface area contributed by atoms with Gasteiger partial charge in [-0.15, -0.1) is 0 Å². The molecule has 24 heavy (non-hydrogen) atoms. The maximum Gasteiger partial charge on any atom is 0.231 e. The molecule has 1 aliphatic rings. The van der Waals surface area contributed by atoms with E-state index >= 15 is 0 Å². The van der Waals surface area contributed by atoms with Crippen molar-refractivity contribution in [3.05, 3.63) is 41.5 Å². The average molecular weight is 339 g/mol. The number of fused-ring (bicyclic) bond motifs is 2. The highest BCUT2D eigenvalue weighted by Crippen LogP contribution is 2.37. The van der Waals surface area contributed by atoms with Crippen LogP contribution in [0, 0.1) is 13.8 Å². The van der Waals surface area contributed by atoms with Gasteiger partial charge in [0.1, 0.15) is 5.82 Å². The zero-order valence-electron chi connectivity index (χ0n) is 13.5. The van der Waals surface area contributed by atoms with E-state index in [4.69, 9.17) is 32.4 Å². The lowest BCUT2D eigenvalue weighted by atomic mass is 10.1. The third-order valence-corrected chi connectivity index (χ3v) is 4.45. The van der Waals surface area contributed by atoms with Crippen LogP contribution in [0.3, 0.4) is 0 Å². The largest absolute Gasteiger partial charge is 0.454 e. The van der Waals surface area contributed by atoms with Crippen LogP contribution in [-0.2, 0) is 6.54 Å². The molecule has 122 valence electrons. The summed E-state index contributed by atoms with van der Waals surface area (Å²) in [5, 5.41) is 0. The zero-order chi connectivity index (χ0) is 16.8. The Kier molecular flexibility index (Phi) is 3.42. The quantitative estimate of drug-likeness (QED) is 0.742. The lowest BCUT2D eigenvalue weighted by Gasteiger charge is -2.10. The fourth-order valence-electron chi connectivity index (χ4n) is 2.93. The number of aryl methyl sites for hydroxylation is 2. The Morgan fingerprint density at radius 1 is 1.17 bits per heavy atom. The van der Waals surface area contributed by atoms with Crippen molar-refractivity contribution in [1.82, 2.24) is 9.55 Å². The minimum absolute atomic E-state index is 0.237. The Morgan fingerprint density at radius 3 is 2.62 bits per heavy atom. The molecular formula is C18H17N3O2S.